The third-order valence-electron chi connectivity index (χ3n) is 5.84. The van der Waals surface area contributed by atoms with Gasteiger partial charge in [0.25, 0.3) is 11.8 Å². The van der Waals surface area contributed by atoms with Crippen LogP contribution in [0.15, 0.2) is 66.7 Å². The first-order valence-corrected chi connectivity index (χ1v) is 10.7. The van der Waals surface area contributed by atoms with Crippen LogP contribution in [0.1, 0.15) is 37.4 Å². The molecule has 3 aromatic rings. The molecule has 0 saturated heterocycles. The number of nitrogens with zero attached hydrogens (tertiary/aromatic N) is 1. The van der Waals surface area contributed by atoms with Crippen molar-refractivity contribution in [3.63, 3.8) is 0 Å². The number of rotatable bonds is 7. The number of imide groups is 1. The fourth-order valence-corrected chi connectivity index (χ4v) is 4.06. The minimum atomic E-state index is -1.01. The first-order valence-electron chi connectivity index (χ1n) is 10.7. The number of carbonyl (C=O) groups is 3. The normalized spacial score (nSPS) is 13.7. The van der Waals surface area contributed by atoms with Gasteiger partial charge in [-0.25, -0.2) is 0 Å². The maximum Gasteiger partial charge on any atom is 0.262 e. The number of aromatic hydroxyl groups is 2. The zero-order chi connectivity index (χ0) is 23.5. The highest BCUT2D eigenvalue weighted by Crippen LogP contribution is 2.28. The average molecular weight is 444 g/mol. The molecule has 0 aliphatic carbocycles. The van der Waals surface area contributed by atoms with Crippen molar-refractivity contribution >= 4 is 17.7 Å². The Morgan fingerprint density at radius 3 is 2.12 bits per heavy atom. The molecule has 0 radical (unpaired) electrons. The molecule has 7 heteroatoms. The van der Waals surface area contributed by atoms with Gasteiger partial charge in [0.1, 0.15) is 6.04 Å². The van der Waals surface area contributed by atoms with Gasteiger partial charge in [-0.2, -0.15) is 0 Å². The minimum Gasteiger partial charge on any atom is -0.504 e. The van der Waals surface area contributed by atoms with E-state index >= 15 is 0 Å². The van der Waals surface area contributed by atoms with Crippen molar-refractivity contribution in [3.8, 4) is 11.5 Å². The molecule has 33 heavy (non-hydrogen) atoms. The topological polar surface area (TPSA) is 107 Å². The molecule has 0 saturated carbocycles. The summed E-state index contributed by atoms with van der Waals surface area (Å²) in [5.41, 5.74) is 2.97. The lowest BCUT2D eigenvalue weighted by Crippen LogP contribution is -2.51. The Morgan fingerprint density at radius 1 is 0.909 bits per heavy atom. The highest BCUT2D eigenvalue weighted by Gasteiger charge is 2.42. The monoisotopic (exact) mass is 444 g/mol. The molecule has 4 rings (SSSR count). The smallest absolute Gasteiger partial charge is 0.262 e. The number of amides is 3. The molecule has 0 fully saturated rings. The lowest BCUT2D eigenvalue weighted by atomic mass is 10.0. The molecular weight excluding hydrogens is 420 g/mol. The van der Waals surface area contributed by atoms with Gasteiger partial charge in [-0.15, -0.1) is 0 Å². The molecule has 3 amide bonds. The Bertz CT molecular complexity index is 1190. The molecule has 1 aliphatic rings. The van der Waals surface area contributed by atoms with E-state index in [0.29, 0.717) is 17.5 Å². The van der Waals surface area contributed by atoms with Gasteiger partial charge in [0.15, 0.2) is 11.5 Å². The van der Waals surface area contributed by atoms with Crippen LogP contribution in [-0.2, 0) is 17.6 Å². The van der Waals surface area contributed by atoms with Crippen LogP contribution < -0.4 is 5.32 Å². The van der Waals surface area contributed by atoms with Gasteiger partial charge < -0.3 is 15.5 Å². The Kier molecular flexibility index (Phi) is 6.13. The Morgan fingerprint density at radius 2 is 1.48 bits per heavy atom. The van der Waals surface area contributed by atoms with Crippen molar-refractivity contribution in [3.05, 3.63) is 94.5 Å². The van der Waals surface area contributed by atoms with Crippen LogP contribution in [-0.4, -0.2) is 45.4 Å². The molecule has 1 aliphatic heterocycles. The van der Waals surface area contributed by atoms with Gasteiger partial charge >= 0.3 is 0 Å². The lowest BCUT2D eigenvalue weighted by molar-refractivity contribution is -0.125. The van der Waals surface area contributed by atoms with Gasteiger partial charge in [-0.3, -0.25) is 19.3 Å². The van der Waals surface area contributed by atoms with Crippen LogP contribution in [0.2, 0.25) is 0 Å². The Balaban J connectivity index is 1.54. The summed E-state index contributed by atoms with van der Waals surface area (Å²) in [5.74, 6) is -1.82. The standard InChI is InChI=1S/C26H24N2O5/c1-16-13-22(29)23(30)15-18(16)11-12-27-24(31)21(14-17-7-3-2-4-8-17)28-25(32)19-9-5-6-10-20(19)26(28)33/h2-10,13,15,21,29-30H,11-12,14H2,1H3,(H,27,31). The van der Waals surface area contributed by atoms with Crippen molar-refractivity contribution < 1.29 is 24.6 Å². The van der Waals surface area contributed by atoms with Crippen molar-refractivity contribution in [2.75, 3.05) is 6.54 Å². The zero-order valence-electron chi connectivity index (χ0n) is 18.1. The number of hydrogen-bond donors (Lipinski definition) is 3. The molecule has 0 aromatic heterocycles. The number of nitrogens with one attached hydrogen (secondary N) is 1. The van der Waals surface area contributed by atoms with E-state index in [2.05, 4.69) is 5.32 Å². The summed E-state index contributed by atoms with van der Waals surface area (Å²) < 4.78 is 0. The summed E-state index contributed by atoms with van der Waals surface area (Å²) in [6.07, 6.45) is 0.600. The number of carbonyl (C=O) groups excluding carboxylic acids is 3. The fourth-order valence-electron chi connectivity index (χ4n) is 4.06. The maximum absolute atomic E-state index is 13.2. The van der Waals surface area contributed by atoms with Crippen LogP contribution in [0.3, 0.4) is 0 Å². The predicted molar refractivity (Wildman–Crippen MR) is 122 cm³/mol. The predicted octanol–water partition coefficient (Wildman–Crippen LogP) is 2.97. The van der Waals surface area contributed by atoms with Gasteiger partial charge in [-0.1, -0.05) is 42.5 Å². The molecule has 168 valence electrons. The van der Waals surface area contributed by atoms with Crippen molar-refractivity contribution in [1.29, 1.82) is 0 Å². The summed E-state index contributed by atoms with van der Waals surface area (Å²) in [6, 6.07) is 17.7. The van der Waals surface area contributed by atoms with E-state index in [1.54, 1.807) is 31.2 Å². The summed E-state index contributed by atoms with van der Waals surface area (Å²) in [7, 11) is 0. The fraction of sp³-hybridized carbons (Fsp3) is 0.192. The lowest BCUT2D eigenvalue weighted by Gasteiger charge is -2.25. The second-order valence-corrected chi connectivity index (χ2v) is 8.04. The second-order valence-electron chi connectivity index (χ2n) is 8.04. The molecule has 3 N–H and O–H groups in total. The van der Waals surface area contributed by atoms with E-state index in [-0.39, 0.29) is 24.5 Å². The Hall–Kier alpha value is -4.13. The first-order chi connectivity index (χ1) is 15.9. The van der Waals surface area contributed by atoms with E-state index in [0.717, 1.165) is 21.6 Å². The third kappa shape index (κ3) is 4.43. The molecule has 1 atom stereocenters. The van der Waals surface area contributed by atoms with Crippen molar-refractivity contribution in [2.45, 2.75) is 25.8 Å². The van der Waals surface area contributed by atoms with Gasteiger partial charge in [-0.05, 0) is 54.3 Å². The van der Waals surface area contributed by atoms with Crippen molar-refractivity contribution in [2.24, 2.45) is 0 Å². The SMILES string of the molecule is Cc1cc(O)c(O)cc1CCNC(=O)C(Cc1ccccc1)N1C(=O)c2ccccc2C1=O. The van der Waals surface area contributed by atoms with Gasteiger partial charge in [0.2, 0.25) is 5.91 Å². The molecule has 1 heterocycles. The highest BCUT2D eigenvalue weighted by molar-refractivity contribution is 6.22. The number of phenolic OH excluding ortho intramolecular Hbond substituents is 2. The highest BCUT2D eigenvalue weighted by atomic mass is 16.3. The molecule has 7 nitrogen and oxygen atoms in total. The summed E-state index contributed by atoms with van der Waals surface area (Å²) in [4.78, 5) is 40.3. The van der Waals surface area contributed by atoms with E-state index < -0.39 is 23.8 Å². The van der Waals surface area contributed by atoms with Crippen LogP contribution in [0.25, 0.3) is 0 Å². The van der Waals surface area contributed by atoms with E-state index in [1.165, 1.54) is 12.1 Å². The van der Waals surface area contributed by atoms with E-state index in [9.17, 15) is 24.6 Å². The third-order valence-corrected chi connectivity index (χ3v) is 5.84. The molecule has 0 bridgehead atoms. The number of fused-ring (bicyclic) bond motifs is 1. The Labute approximate surface area is 191 Å². The van der Waals surface area contributed by atoms with Crippen LogP contribution in [0.4, 0.5) is 0 Å². The zero-order valence-corrected chi connectivity index (χ0v) is 18.1. The minimum absolute atomic E-state index is 0.192. The van der Waals surface area contributed by atoms with Crippen LogP contribution in [0.5, 0.6) is 11.5 Å². The summed E-state index contributed by atoms with van der Waals surface area (Å²) >= 11 is 0. The van der Waals surface area contributed by atoms with Crippen molar-refractivity contribution in [1.82, 2.24) is 10.2 Å². The van der Waals surface area contributed by atoms with Crippen LogP contribution >= 0.6 is 0 Å². The first kappa shape index (κ1) is 22.1. The maximum atomic E-state index is 13.2. The quantitative estimate of drug-likeness (QED) is 0.384. The summed E-state index contributed by atoms with van der Waals surface area (Å²) in [5, 5.41) is 22.2. The number of benzene rings is 3. The van der Waals surface area contributed by atoms with Crippen LogP contribution in [0, 0.1) is 6.92 Å². The molecule has 0 spiro atoms. The summed E-state index contributed by atoms with van der Waals surface area (Å²) in [6.45, 7) is 2.03. The molecule has 3 aromatic carbocycles. The van der Waals surface area contributed by atoms with E-state index in [1.807, 2.05) is 30.3 Å². The number of aryl methyl sites for hydroxylation is 1. The molecule has 1 unspecified atom stereocenters. The average Bonchev–Trinajstić information content (AvgIpc) is 3.06. The number of phenols is 2. The van der Waals surface area contributed by atoms with Gasteiger partial charge in [0, 0.05) is 13.0 Å². The second kappa shape index (κ2) is 9.16. The largest absolute Gasteiger partial charge is 0.504 e. The molecular formula is C26H24N2O5. The van der Waals surface area contributed by atoms with Gasteiger partial charge in [0.05, 0.1) is 11.1 Å². The number of hydrogen-bond acceptors (Lipinski definition) is 5. The van der Waals surface area contributed by atoms with E-state index in [4.69, 9.17) is 0 Å².